The van der Waals surface area contributed by atoms with Gasteiger partial charge in [-0.3, -0.25) is 0 Å². The fourth-order valence-corrected chi connectivity index (χ4v) is 4.11. The Balaban J connectivity index is 2.32. The lowest BCUT2D eigenvalue weighted by atomic mass is 9.76. The van der Waals surface area contributed by atoms with Crippen molar-refractivity contribution in [3.05, 3.63) is 59.2 Å². The van der Waals surface area contributed by atoms with Crippen molar-refractivity contribution in [3.63, 3.8) is 0 Å². The molecule has 1 N–H and O–H groups in total. The quantitative estimate of drug-likeness (QED) is 0.874. The molecule has 1 aliphatic carbocycles. The minimum atomic E-state index is -0.113. The summed E-state index contributed by atoms with van der Waals surface area (Å²) in [6.45, 7) is 11.6. The molecule has 2 nitrogen and oxygen atoms in total. The number of fused-ring (bicyclic) bond motifs is 3. The first-order valence-corrected chi connectivity index (χ1v) is 8.89. The fourth-order valence-electron chi connectivity index (χ4n) is 4.11. The Morgan fingerprint density at radius 1 is 1.00 bits per heavy atom. The summed E-state index contributed by atoms with van der Waals surface area (Å²) in [6.07, 6.45) is 0. The van der Waals surface area contributed by atoms with Crippen molar-refractivity contribution < 1.29 is 4.74 Å². The average Bonchev–Trinajstić information content (AvgIpc) is 2.84. The van der Waals surface area contributed by atoms with Gasteiger partial charge >= 0.3 is 0 Å². The number of ether oxygens (including phenoxy) is 1. The van der Waals surface area contributed by atoms with Gasteiger partial charge in [-0.15, -0.1) is 0 Å². The molecule has 0 aliphatic heterocycles. The number of hydrogen-bond donors (Lipinski definition) is 1. The summed E-state index contributed by atoms with van der Waals surface area (Å²) in [5.74, 6) is 0. The molecular weight excluding hydrogens is 294 g/mol. The lowest BCUT2D eigenvalue weighted by Crippen LogP contribution is -2.41. The van der Waals surface area contributed by atoms with Crippen LogP contribution >= 0.6 is 0 Å². The summed E-state index contributed by atoms with van der Waals surface area (Å²) < 4.78 is 5.73. The molecule has 3 rings (SSSR count). The van der Waals surface area contributed by atoms with Crippen LogP contribution in [0, 0.1) is 0 Å². The van der Waals surface area contributed by atoms with E-state index in [9.17, 15) is 0 Å². The Morgan fingerprint density at radius 2 is 1.71 bits per heavy atom. The van der Waals surface area contributed by atoms with Gasteiger partial charge in [-0.1, -0.05) is 70.2 Å². The molecule has 0 heterocycles. The van der Waals surface area contributed by atoms with E-state index in [1.807, 2.05) is 7.11 Å². The number of nitrogens with one attached hydrogen (secondary N) is 1. The molecular formula is C22H29NO. The van der Waals surface area contributed by atoms with E-state index in [1.165, 1.54) is 27.8 Å². The first-order chi connectivity index (χ1) is 11.5. The minimum absolute atomic E-state index is 0.111. The molecule has 0 amide bonds. The smallest absolute Gasteiger partial charge is 0.0612 e. The van der Waals surface area contributed by atoms with Gasteiger partial charge in [0.05, 0.1) is 12.0 Å². The molecule has 1 aliphatic rings. The van der Waals surface area contributed by atoms with E-state index in [-0.39, 0.29) is 10.8 Å². The van der Waals surface area contributed by atoms with E-state index in [0.29, 0.717) is 6.61 Å². The number of benzene rings is 2. The largest absolute Gasteiger partial charge is 0.383 e. The van der Waals surface area contributed by atoms with Crippen molar-refractivity contribution in [2.75, 3.05) is 26.8 Å². The topological polar surface area (TPSA) is 21.3 Å². The van der Waals surface area contributed by atoms with Gasteiger partial charge in [-0.2, -0.15) is 0 Å². The van der Waals surface area contributed by atoms with Crippen LogP contribution in [0.1, 0.15) is 44.4 Å². The highest BCUT2D eigenvalue weighted by atomic mass is 16.5. The van der Waals surface area contributed by atoms with Crippen molar-refractivity contribution in [1.29, 1.82) is 0 Å². The molecule has 128 valence electrons. The van der Waals surface area contributed by atoms with Gasteiger partial charge in [0.2, 0.25) is 0 Å². The van der Waals surface area contributed by atoms with Crippen LogP contribution in [-0.4, -0.2) is 26.8 Å². The third-order valence-corrected chi connectivity index (χ3v) is 5.17. The van der Waals surface area contributed by atoms with Gasteiger partial charge < -0.3 is 10.1 Å². The molecule has 0 aromatic heterocycles. The van der Waals surface area contributed by atoms with Crippen LogP contribution < -0.4 is 5.32 Å². The minimum Gasteiger partial charge on any atom is -0.383 e. The maximum absolute atomic E-state index is 5.73. The van der Waals surface area contributed by atoms with Gasteiger partial charge in [0.15, 0.2) is 0 Å². The maximum Gasteiger partial charge on any atom is 0.0612 e. The Morgan fingerprint density at radius 3 is 2.38 bits per heavy atom. The van der Waals surface area contributed by atoms with Crippen molar-refractivity contribution in [2.45, 2.75) is 38.5 Å². The first-order valence-electron chi connectivity index (χ1n) is 8.89. The van der Waals surface area contributed by atoms with Crippen molar-refractivity contribution in [2.24, 2.45) is 0 Å². The molecule has 2 heteroatoms. The van der Waals surface area contributed by atoms with Crippen molar-refractivity contribution >= 4 is 0 Å². The molecule has 2 aromatic carbocycles. The van der Waals surface area contributed by atoms with Gasteiger partial charge in [0, 0.05) is 13.7 Å². The zero-order valence-corrected chi connectivity index (χ0v) is 15.6. The third-order valence-electron chi connectivity index (χ3n) is 5.17. The summed E-state index contributed by atoms with van der Waals surface area (Å²) in [7, 11) is 1.81. The summed E-state index contributed by atoms with van der Waals surface area (Å²) in [6, 6.07) is 15.6. The maximum atomic E-state index is 5.73. The number of hydrogen-bond acceptors (Lipinski definition) is 2. The predicted molar refractivity (Wildman–Crippen MR) is 102 cm³/mol. The highest BCUT2D eigenvalue weighted by molar-refractivity contribution is 5.84. The summed E-state index contributed by atoms with van der Waals surface area (Å²) in [5.41, 5.74) is 6.99. The standard InChI is InChI=1S/C22H29NO/c1-6-23-14-22(15-24-5)17-11-8-7-10-16(17)20-18(21(2,3)4)12-9-13-19(20)22/h7-13,23H,6,14-15H2,1-5H3. The molecule has 0 fully saturated rings. The fraction of sp³-hybridized carbons (Fsp3) is 0.455. The Bertz CT molecular complexity index is 729. The molecule has 24 heavy (non-hydrogen) atoms. The lowest BCUT2D eigenvalue weighted by Gasteiger charge is -2.32. The lowest BCUT2D eigenvalue weighted by molar-refractivity contribution is 0.148. The first kappa shape index (κ1) is 17.2. The zero-order chi connectivity index (χ0) is 17.4. The molecule has 0 bridgehead atoms. The zero-order valence-electron chi connectivity index (χ0n) is 15.6. The van der Waals surface area contributed by atoms with E-state index in [1.54, 1.807) is 0 Å². The van der Waals surface area contributed by atoms with Crippen LogP contribution in [0.3, 0.4) is 0 Å². The second kappa shape index (κ2) is 6.34. The molecule has 0 spiro atoms. The molecule has 0 radical (unpaired) electrons. The van der Waals surface area contributed by atoms with Gasteiger partial charge in [0.25, 0.3) is 0 Å². The van der Waals surface area contributed by atoms with E-state index < -0.39 is 0 Å². The van der Waals surface area contributed by atoms with Crippen molar-refractivity contribution in [1.82, 2.24) is 5.32 Å². The molecule has 1 unspecified atom stereocenters. The molecule has 0 saturated heterocycles. The monoisotopic (exact) mass is 323 g/mol. The second-order valence-electron chi connectivity index (χ2n) is 7.82. The van der Waals surface area contributed by atoms with Crippen LogP contribution in [0.25, 0.3) is 11.1 Å². The third kappa shape index (κ3) is 2.58. The van der Waals surface area contributed by atoms with E-state index in [0.717, 1.165) is 13.1 Å². The van der Waals surface area contributed by atoms with Crippen LogP contribution in [0.15, 0.2) is 42.5 Å². The van der Waals surface area contributed by atoms with E-state index >= 15 is 0 Å². The van der Waals surface area contributed by atoms with Crippen LogP contribution in [-0.2, 0) is 15.6 Å². The van der Waals surface area contributed by atoms with Gasteiger partial charge in [-0.05, 0) is 39.8 Å². The highest BCUT2D eigenvalue weighted by Crippen LogP contribution is 2.52. The van der Waals surface area contributed by atoms with Crippen LogP contribution in [0.2, 0.25) is 0 Å². The van der Waals surface area contributed by atoms with Gasteiger partial charge in [-0.25, -0.2) is 0 Å². The van der Waals surface area contributed by atoms with Gasteiger partial charge in [0.1, 0.15) is 0 Å². The summed E-state index contributed by atoms with van der Waals surface area (Å²) >= 11 is 0. The molecule has 0 saturated carbocycles. The average molecular weight is 323 g/mol. The van der Waals surface area contributed by atoms with E-state index in [4.69, 9.17) is 4.74 Å². The van der Waals surface area contributed by atoms with Crippen LogP contribution in [0.4, 0.5) is 0 Å². The predicted octanol–water partition coefficient (Wildman–Crippen LogP) is 4.51. The normalized spacial score (nSPS) is 19.2. The molecule has 2 aromatic rings. The van der Waals surface area contributed by atoms with E-state index in [2.05, 4.69) is 75.5 Å². The SMILES string of the molecule is CCNCC1(COC)c2ccccc2-c2c(C(C)(C)C)cccc21. The van der Waals surface area contributed by atoms with Crippen LogP contribution in [0.5, 0.6) is 0 Å². The molecule has 1 atom stereocenters. The van der Waals surface area contributed by atoms with Crippen molar-refractivity contribution in [3.8, 4) is 11.1 Å². The summed E-state index contributed by atoms with van der Waals surface area (Å²) in [4.78, 5) is 0. The second-order valence-corrected chi connectivity index (χ2v) is 7.82. The summed E-state index contributed by atoms with van der Waals surface area (Å²) in [5, 5.41) is 3.58. The Labute approximate surface area is 146 Å². The number of rotatable bonds is 5. The number of likely N-dealkylation sites (N-methyl/N-ethyl adjacent to an activating group) is 1. The Hall–Kier alpha value is -1.64. The number of methoxy groups -OCH3 is 1. The highest BCUT2D eigenvalue weighted by Gasteiger charge is 2.44. The Kier molecular flexibility index (Phi) is 4.54.